The SMILES string of the molecule is COc1ccc(-c2cscc2Br)cc1N. The largest absolute Gasteiger partial charge is 0.495 e. The fourth-order valence-electron chi connectivity index (χ4n) is 1.39. The van der Waals surface area contributed by atoms with Crippen molar-refractivity contribution < 1.29 is 4.74 Å². The number of ether oxygens (including phenoxy) is 1. The Kier molecular flexibility index (Phi) is 2.98. The Morgan fingerprint density at radius 2 is 2.13 bits per heavy atom. The molecular weight excluding hydrogens is 274 g/mol. The number of benzene rings is 1. The number of methoxy groups -OCH3 is 1. The number of halogens is 1. The van der Waals surface area contributed by atoms with Gasteiger partial charge < -0.3 is 10.5 Å². The molecule has 78 valence electrons. The predicted molar refractivity (Wildman–Crippen MR) is 68.4 cm³/mol. The fourth-order valence-corrected chi connectivity index (χ4v) is 2.92. The van der Waals surface area contributed by atoms with Gasteiger partial charge >= 0.3 is 0 Å². The van der Waals surface area contributed by atoms with Gasteiger partial charge in [0.25, 0.3) is 0 Å². The van der Waals surface area contributed by atoms with E-state index in [1.807, 2.05) is 18.2 Å². The molecule has 0 saturated heterocycles. The van der Waals surface area contributed by atoms with E-state index in [0.717, 1.165) is 15.6 Å². The zero-order valence-corrected chi connectivity index (χ0v) is 10.6. The van der Waals surface area contributed by atoms with E-state index < -0.39 is 0 Å². The second-order valence-corrected chi connectivity index (χ2v) is 4.69. The van der Waals surface area contributed by atoms with Gasteiger partial charge in [0, 0.05) is 15.4 Å². The second-order valence-electron chi connectivity index (χ2n) is 3.09. The Morgan fingerprint density at radius 3 is 2.67 bits per heavy atom. The van der Waals surface area contributed by atoms with Crippen molar-refractivity contribution in [2.24, 2.45) is 0 Å². The summed E-state index contributed by atoms with van der Waals surface area (Å²) >= 11 is 5.16. The van der Waals surface area contributed by atoms with Crippen LogP contribution in [0.5, 0.6) is 5.75 Å². The Morgan fingerprint density at radius 1 is 1.33 bits per heavy atom. The van der Waals surface area contributed by atoms with Crippen molar-refractivity contribution in [3.05, 3.63) is 33.4 Å². The summed E-state index contributed by atoms with van der Waals surface area (Å²) in [6, 6.07) is 5.81. The average Bonchev–Trinajstić information content (AvgIpc) is 2.64. The van der Waals surface area contributed by atoms with Gasteiger partial charge in [-0.3, -0.25) is 0 Å². The maximum absolute atomic E-state index is 5.85. The van der Waals surface area contributed by atoms with Crippen molar-refractivity contribution in [1.29, 1.82) is 0 Å². The van der Waals surface area contributed by atoms with Gasteiger partial charge in [-0.05, 0) is 39.0 Å². The lowest BCUT2D eigenvalue weighted by Gasteiger charge is -2.06. The minimum absolute atomic E-state index is 0.660. The van der Waals surface area contributed by atoms with Crippen molar-refractivity contribution in [2.45, 2.75) is 0 Å². The van der Waals surface area contributed by atoms with E-state index in [2.05, 4.69) is 26.7 Å². The van der Waals surface area contributed by atoms with Crippen LogP contribution in [-0.4, -0.2) is 7.11 Å². The van der Waals surface area contributed by atoms with Crippen LogP contribution >= 0.6 is 27.3 Å². The molecular formula is C11H10BrNOS. The molecule has 2 rings (SSSR count). The molecule has 0 bridgehead atoms. The van der Waals surface area contributed by atoms with Crippen LogP contribution in [0.2, 0.25) is 0 Å². The summed E-state index contributed by atoms with van der Waals surface area (Å²) in [5.41, 5.74) is 8.77. The van der Waals surface area contributed by atoms with Gasteiger partial charge in [-0.15, -0.1) is 0 Å². The molecule has 1 aromatic heterocycles. The second kappa shape index (κ2) is 4.24. The van der Waals surface area contributed by atoms with Crippen molar-refractivity contribution in [2.75, 3.05) is 12.8 Å². The van der Waals surface area contributed by atoms with Crippen molar-refractivity contribution in [3.8, 4) is 16.9 Å². The Bertz CT molecular complexity index is 481. The smallest absolute Gasteiger partial charge is 0.141 e. The topological polar surface area (TPSA) is 35.2 Å². The zero-order chi connectivity index (χ0) is 10.8. The third-order valence-corrected chi connectivity index (χ3v) is 3.86. The average molecular weight is 284 g/mol. The first-order chi connectivity index (χ1) is 7.22. The highest BCUT2D eigenvalue weighted by Gasteiger charge is 2.06. The van der Waals surface area contributed by atoms with E-state index in [0.29, 0.717) is 11.4 Å². The quantitative estimate of drug-likeness (QED) is 0.852. The van der Waals surface area contributed by atoms with E-state index in [1.165, 1.54) is 0 Å². The van der Waals surface area contributed by atoms with Gasteiger partial charge in [-0.1, -0.05) is 6.07 Å². The van der Waals surface area contributed by atoms with Gasteiger partial charge in [-0.2, -0.15) is 11.3 Å². The molecule has 0 fully saturated rings. The van der Waals surface area contributed by atoms with Crippen LogP contribution < -0.4 is 10.5 Å². The molecule has 0 spiro atoms. The van der Waals surface area contributed by atoms with Crippen LogP contribution in [0.25, 0.3) is 11.1 Å². The van der Waals surface area contributed by atoms with Gasteiger partial charge in [0.05, 0.1) is 12.8 Å². The van der Waals surface area contributed by atoms with Gasteiger partial charge in [0.2, 0.25) is 0 Å². The van der Waals surface area contributed by atoms with Crippen molar-refractivity contribution in [1.82, 2.24) is 0 Å². The summed E-state index contributed by atoms with van der Waals surface area (Å²) in [6.07, 6.45) is 0. The molecule has 1 aromatic carbocycles. The molecule has 2 aromatic rings. The standard InChI is InChI=1S/C11H10BrNOS/c1-14-11-3-2-7(4-10(11)13)8-5-15-6-9(8)12/h2-6H,13H2,1H3. The number of anilines is 1. The maximum Gasteiger partial charge on any atom is 0.141 e. The van der Waals surface area contributed by atoms with Crippen LogP contribution in [-0.2, 0) is 0 Å². The molecule has 1 heterocycles. The van der Waals surface area contributed by atoms with Crippen molar-refractivity contribution >= 4 is 33.0 Å². The summed E-state index contributed by atoms with van der Waals surface area (Å²) in [7, 11) is 1.62. The van der Waals surface area contributed by atoms with Crippen LogP contribution in [0.15, 0.2) is 33.4 Å². The van der Waals surface area contributed by atoms with E-state index in [9.17, 15) is 0 Å². The number of nitrogen functional groups attached to an aromatic ring is 1. The van der Waals surface area contributed by atoms with Crippen LogP contribution in [0.4, 0.5) is 5.69 Å². The number of thiophene rings is 1. The summed E-state index contributed by atoms with van der Waals surface area (Å²) in [4.78, 5) is 0. The molecule has 4 heteroatoms. The third kappa shape index (κ3) is 2.01. The van der Waals surface area contributed by atoms with E-state index in [4.69, 9.17) is 10.5 Å². The van der Waals surface area contributed by atoms with Gasteiger partial charge in [0.15, 0.2) is 0 Å². The third-order valence-electron chi connectivity index (χ3n) is 2.16. The highest BCUT2D eigenvalue weighted by Crippen LogP contribution is 2.34. The van der Waals surface area contributed by atoms with E-state index >= 15 is 0 Å². The molecule has 0 amide bonds. The number of hydrogen-bond acceptors (Lipinski definition) is 3. The Balaban J connectivity index is 2.47. The number of hydrogen-bond donors (Lipinski definition) is 1. The van der Waals surface area contributed by atoms with Gasteiger partial charge in [0.1, 0.15) is 5.75 Å². The summed E-state index contributed by atoms with van der Waals surface area (Å²) < 4.78 is 6.21. The van der Waals surface area contributed by atoms with E-state index in [-0.39, 0.29) is 0 Å². The highest BCUT2D eigenvalue weighted by molar-refractivity contribution is 9.10. The lowest BCUT2D eigenvalue weighted by molar-refractivity contribution is 0.417. The van der Waals surface area contributed by atoms with Crippen molar-refractivity contribution in [3.63, 3.8) is 0 Å². The first-order valence-corrected chi connectivity index (χ1v) is 6.11. The summed E-state index contributed by atoms with van der Waals surface area (Å²) in [5, 5.41) is 4.14. The fraction of sp³-hybridized carbons (Fsp3) is 0.0909. The Hall–Kier alpha value is -1.00. The number of nitrogens with two attached hydrogens (primary N) is 1. The zero-order valence-electron chi connectivity index (χ0n) is 8.16. The molecule has 0 atom stereocenters. The van der Waals surface area contributed by atoms with Gasteiger partial charge in [-0.25, -0.2) is 0 Å². The molecule has 0 saturated carbocycles. The first kappa shape index (κ1) is 10.5. The maximum atomic E-state index is 5.85. The molecule has 15 heavy (non-hydrogen) atoms. The molecule has 2 N–H and O–H groups in total. The lowest BCUT2D eigenvalue weighted by atomic mass is 10.1. The van der Waals surface area contributed by atoms with E-state index in [1.54, 1.807) is 18.4 Å². The Labute approximate surface area is 101 Å². The molecule has 0 aliphatic rings. The monoisotopic (exact) mass is 283 g/mol. The molecule has 0 aliphatic heterocycles. The van der Waals surface area contributed by atoms with Crippen LogP contribution in [0, 0.1) is 0 Å². The first-order valence-electron chi connectivity index (χ1n) is 4.38. The minimum Gasteiger partial charge on any atom is -0.495 e. The van der Waals surface area contributed by atoms with Crippen LogP contribution in [0.3, 0.4) is 0 Å². The molecule has 0 aliphatic carbocycles. The summed E-state index contributed by atoms with van der Waals surface area (Å²) in [5.74, 6) is 0.713. The summed E-state index contributed by atoms with van der Waals surface area (Å²) in [6.45, 7) is 0. The number of rotatable bonds is 2. The molecule has 0 radical (unpaired) electrons. The van der Waals surface area contributed by atoms with Crippen LogP contribution in [0.1, 0.15) is 0 Å². The lowest BCUT2D eigenvalue weighted by Crippen LogP contribution is -1.92. The normalized spacial score (nSPS) is 10.3. The molecule has 2 nitrogen and oxygen atoms in total. The minimum atomic E-state index is 0.660. The molecule has 0 unspecified atom stereocenters. The highest BCUT2D eigenvalue weighted by atomic mass is 79.9. The predicted octanol–water partition coefficient (Wildman–Crippen LogP) is 3.77.